The van der Waals surface area contributed by atoms with Crippen molar-refractivity contribution in [3.05, 3.63) is 36.4 Å². The molecule has 0 aliphatic carbocycles. The fraction of sp³-hybridized carbons (Fsp3) is 0.235. The lowest BCUT2D eigenvalue weighted by Gasteiger charge is -2.08. The number of nitrogens with one attached hydrogen (secondary N) is 2. The lowest BCUT2D eigenvalue weighted by Crippen LogP contribution is -2.25. The normalized spacial score (nSPS) is 12.0. The van der Waals surface area contributed by atoms with Crippen LogP contribution in [0.2, 0.25) is 0 Å². The van der Waals surface area contributed by atoms with Gasteiger partial charge in [-0.15, -0.1) is 10.2 Å². The largest absolute Gasteiger partial charge is 0.423 e. The number of esters is 1. The first-order valence-electron chi connectivity index (χ1n) is 7.98. The zero-order valence-electron chi connectivity index (χ0n) is 14.8. The highest BCUT2D eigenvalue weighted by Crippen LogP contribution is 2.31. The number of para-hydroxylation sites is 1. The maximum Gasteiger partial charge on any atom is 0.324 e. The Labute approximate surface area is 169 Å². The molecule has 10 heteroatoms. The molecule has 2 aromatic rings. The number of anilines is 2. The second-order valence-electron chi connectivity index (χ2n) is 5.38. The summed E-state index contributed by atoms with van der Waals surface area (Å²) in [5.41, 5.74) is 6.58. The van der Waals surface area contributed by atoms with Crippen molar-refractivity contribution in [3.8, 4) is 5.75 Å². The van der Waals surface area contributed by atoms with Crippen LogP contribution in [0.25, 0.3) is 0 Å². The van der Waals surface area contributed by atoms with Crippen LogP contribution >= 0.6 is 22.6 Å². The first-order chi connectivity index (χ1) is 12.9. The van der Waals surface area contributed by atoms with Crippen molar-refractivity contribution in [2.24, 2.45) is 10.2 Å². The number of halogens is 1. The van der Waals surface area contributed by atoms with Gasteiger partial charge in [0.05, 0.1) is 6.54 Å². The summed E-state index contributed by atoms with van der Waals surface area (Å²) in [5.74, 6) is 0.116. The molecule has 142 valence electrons. The van der Waals surface area contributed by atoms with Crippen LogP contribution in [0.1, 0.15) is 6.92 Å². The number of alkyl halides is 1. The summed E-state index contributed by atoms with van der Waals surface area (Å²) >= 11 is 1.97. The predicted octanol–water partition coefficient (Wildman–Crippen LogP) is 2.97. The van der Waals surface area contributed by atoms with Crippen molar-refractivity contribution < 1.29 is 14.3 Å². The van der Waals surface area contributed by atoms with Gasteiger partial charge in [0, 0.05) is 0 Å². The second kappa shape index (κ2) is 9.92. The number of nitrogen functional groups attached to an aromatic ring is 1. The molecule has 0 saturated heterocycles. The highest BCUT2D eigenvalue weighted by molar-refractivity contribution is 14.1. The van der Waals surface area contributed by atoms with Crippen LogP contribution in [-0.4, -0.2) is 34.4 Å². The molecule has 2 rings (SSSR count). The van der Waals surface area contributed by atoms with Gasteiger partial charge in [0.15, 0.2) is 11.6 Å². The van der Waals surface area contributed by atoms with Gasteiger partial charge in [0.1, 0.15) is 21.1 Å². The number of carbonyl (C=O) groups excluding carboxylic acids is 2. The number of rotatable bonds is 7. The van der Waals surface area contributed by atoms with Crippen molar-refractivity contribution in [2.45, 2.75) is 10.8 Å². The summed E-state index contributed by atoms with van der Waals surface area (Å²) in [6.45, 7) is 1.89. The molecule has 9 nitrogen and oxygen atoms in total. The third-order valence-electron chi connectivity index (χ3n) is 3.17. The van der Waals surface area contributed by atoms with Gasteiger partial charge in [-0.1, -0.05) is 34.7 Å². The van der Waals surface area contributed by atoms with Crippen molar-refractivity contribution in [1.82, 2.24) is 10.3 Å². The molecule has 0 aliphatic heterocycles. The van der Waals surface area contributed by atoms with E-state index in [9.17, 15) is 9.59 Å². The maximum atomic E-state index is 11.8. The number of pyridine rings is 1. The van der Waals surface area contributed by atoms with Gasteiger partial charge in [0.25, 0.3) is 0 Å². The zero-order valence-corrected chi connectivity index (χ0v) is 16.9. The van der Waals surface area contributed by atoms with E-state index in [1.807, 2.05) is 22.6 Å². The SMILES string of the molecule is CNCC(=O)Nc1ccc(N=Nc2ccccc2OC(=O)C(C)I)c(N)n1. The molecule has 0 fully saturated rings. The Hall–Kier alpha value is -2.60. The van der Waals surface area contributed by atoms with E-state index in [1.54, 1.807) is 50.4 Å². The Morgan fingerprint density at radius 3 is 2.59 bits per heavy atom. The van der Waals surface area contributed by atoms with Gasteiger partial charge in [-0.25, -0.2) is 4.98 Å². The highest BCUT2D eigenvalue weighted by atomic mass is 127. The van der Waals surface area contributed by atoms with Gasteiger partial charge >= 0.3 is 5.97 Å². The molecule has 1 amide bonds. The van der Waals surface area contributed by atoms with Crippen molar-refractivity contribution >= 4 is 57.5 Å². The van der Waals surface area contributed by atoms with Gasteiger partial charge in [-0.3, -0.25) is 9.59 Å². The average molecular weight is 482 g/mol. The minimum Gasteiger partial charge on any atom is -0.423 e. The number of nitrogens with zero attached hydrogens (tertiary/aromatic N) is 3. The molecule has 4 N–H and O–H groups in total. The molecular weight excluding hydrogens is 463 g/mol. The average Bonchev–Trinajstić information content (AvgIpc) is 2.62. The quantitative estimate of drug-likeness (QED) is 0.183. The summed E-state index contributed by atoms with van der Waals surface area (Å²) in [4.78, 5) is 27.4. The molecule has 0 radical (unpaired) electrons. The van der Waals surface area contributed by atoms with E-state index < -0.39 is 0 Å². The summed E-state index contributed by atoms with van der Waals surface area (Å²) in [6, 6.07) is 9.94. The number of benzene rings is 1. The zero-order chi connectivity index (χ0) is 19.8. The number of aromatic nitrogens is 1. The Kier molecular flexibility index (Phi) is 7.61. The number of amides is 1. The van der Waals surface area contributed by atoms with Crippen LogP contribution < -0.4 is 21.1 Å². The van der Waals surface area contributed by atoms with E-state index in [1.165, 1.54) is 0 Å². The standard InChI is InChI=1S/C17H19IN6O3/c1-10(18)17(26)27-13-6-4-3-5-11(13)23-24-12-7-8-14(22-16(12)19)21-15(25)9-20-2/h3-8,10,20H,9H2,1-2H3,(H3,19,21,22,25). The highest BCUT2D eigenvalue weighted by Gasteiger charge is 2.14. The molecule has 27 heavy (non-hydrogen) atoms. The van der Waals surface area contributed by atoms with Crippen LogP contribution in [0, 0.1) is 0 Å². The number of nitrogens with two attached hydrogens (primary N) is 1. The number of likely N-dealkylation sites (N-methyl/N-ethyl adjacent to an activating group) is 1. The van der Waals surface area contributed by atoms with Crippen LogP contribution in [0.4, 0.5) is 23.0 Å². The Balaban J connectivity index is 2.16. The summed E-state index contributed by atoms with van der Waals surface area (Å²) in [7, 11) is 1.67. The molecule has 1 aromatic heterocycles. The molecular formula is C17H19IN6O3. The molecule has 1 atom stereocenters. The van der Waals surface area contributed by atoms with Crippen LogP contribution in [0.5, 0.6) is 5.75 Å². The molecule has 0 aliphatic rings. The van der Waals surface area contributed by atoms with Gasteiger partial charge < -0.3 is 21.1 Å². The number of ether oxygens (including phenoxy) is 1. The van der Waals surface area contributed by atoms with E-state index in [0.29, 0.717) is 22.9 Å². The molecule has 1 heterocycles. The number of hydrogen-bond acceptors (Lipinski definition) is 8. The van der Waals surface area contributed by atoms with E-state index in [0.717, 1.165) is 0 Å². The van der Waals surface area contributed by atoms with Crippen molar-refractivity contribution in [1.29, 1.82) is 0 Å². The number of azo groups is 1. The molecule has 1 unspecified atom stereocenters. The lowest BCUT2D eigenvalue weighted by atomic mass is 10.3. The number of hydrogen-bond donors (Lipinski definition) is 3. The summed E-state index contributed by atoms with van der Waals surface area (Å²) in [6.07, 6.45) is 0. The summed E-state index contributed by atoms with van der Waals surface area (Å²) in [5, 5.41) is 13.5. The van der Waals surface area contributed by atoms with E-state index in [-0.39, 0.29) is 28.2 Å². The van der Waals surface area contributed by atoms with Gasteiger partial charge in [0.2, 0.25) is 5.91 Å². The van der Waals surface area contributed by atoms with Crippen LogP contribution in [0.3, 0.4) is 0 Å². The van der Waals surface area contributed by atoms with Gasteiger partial charge in [-0.05, 0) is 38.2 Å². The van der Waals surface area contributed by atoms with E-state index in [2.05, 4.69) is 25.8 Å². The molecule has 0 bridgehead atoms. The Morgan fingerprint density at radius 2 is 1.93 bits per heavy atom. The molecule has 0 spiro atoms. The minimum absolute atomic E-state index is 0.108. The smallest absolute Gasteiger partial charge is 0.324 e. The van der Waals surface area contributed by atoms with Gasteiger partial charge in [-0.2, -0.15) is 0 Å². The first-order valence-corrected chi connectivity index (χ1v) is 9.22. The lowest BCUT2D eigenvalue weighted by molar-refractivity contribution is -0.133. The molecule has 0 saturated carbocycles. The van der Waals surface area contributed by atoms with Crippen LogP contribution in [0.15, 0.2) is 46.6 Å². The maximum absolute atomic E-state index is 11.8. The third kappa shape index (κ3) is 6.25. The Bertz CT molecular complexity index is 856. The first kappa shape index (κ1) is 20.7. The van der Waals surface area contributed by atoms with Crippen LogP contribution in [-0.2, 0) is 9.59 Å². The predicted molar refractivity (Wildman–Crippen MR) is 111 cm³/mol. The topological polar surface area (TPSA) is 131 Å². The van der Waals surface area contributed by atoms with Crippen molar-refractivity contribution in [2.75, 3.05) is 24.6 Å². The summed E-state index contributed by atoms with van der Waals surface area (Å²) < 4.78 is 5.02. The third-order valence-corrected chi connectivity index (χ3v) is 3.68. The van der Waals surface area contributed by atoms with E-state index in [4.69, 9.17) is 10.5 Å². The number of carbonyl (C=O) groups is 2. The van der Waals surface area contributed by atoms with E-state index >= 15 is 0 Å². The fourth-order valence-corrected chi connectivity index (χ4v) is 2.02. The fourth-order valence-electron chi connectivity index (χ4n) is 1.89. The Morgan fingerprint density at radius 1 is 1.22 bits per heavy atom. The second-order valence-corrected chi connectivity index (χ2v) is 7.25. The monoisotopic (exact) mass is 482 g/mol. The molecule has 1 aromatic carbocycles. The minimum atomic E-state index is -0.374. The van der Waals surface area contributed by atoms with Crippen molar-refractivity contribution in [3.63, 3.8) is 0 Å².